The first-order valence-electron chi connectivity index (χ1n) is 9.49. The summed E-state index contributed by atoms with van der Waals surface area (Å²) in [5.74, 6) is 1.49. The molecule has 2 aromatic carbocycles. The third-order valence-electron chi connectivity index (χ3n) is 4.38. The van der Waals surface area contributed by atoms with E-state index in [1.54, 1.807) is 48.8 Å². The zero-order chi connectivity index (χ0) is 20.9. The van der Waals surface area contributed by atoms with Crippen molar-refractivity contribution >= 4 is 11.6 Å². The molecule has 6 nitrogen and oxygen atoms in total. The number of nitrogens with one attached hydrogen (secondary N) is 1. The van der Waals surface area contributed by atoms with Crippen molar-refractivity contribution in [2.24, 2.45) is 0 Å². The molecule has 0 bridgehead atoms. The Morgan fingerprint density at radius 2 is 1.67 bits per heavy atom. The van der Waals surface area contributed by atoms with Crippen molar-refractivity contribution in [3.8, 4) is 23.0 Å². The highest BCUT2D eigenvalue weighted by Gasteiger charge is 2.09. The molecule has 1 N–H and O–H groups in total. The predicted molar refractivity (Wildman–Crippen MR) is 116 cm³/mol. The number of amides is 1. The Balaban J connectivity index is 1.47. The number of hydrogen-bond acceptors (Lipinski definition) is 5. The van der Waals surface area contributed by atoms with E-state index in [1.807, 2.05) is 44.2 Å². The van der Waals surface area contributed by atoms with E-state index in [4.69, 9.17) is 4.74 Å². The third-order valence-corrected chi connectivity index (χ3v) is 4.38. The fourth-order valence-corrected chi connectivity index (χ4v) is 2.94. The van der Waals surface area contributed by atoms with Gasteiger partial charge in [-0.3, -0.25) is 9.78 Å². The minimum Gasteiger partial charge on any atom is -0.439 e. The van der Waals surface area contributed by atoms with E-state index >= 15 is 0 Å². The molecule has 4 rings (SSSR count). The number of rotatable bonds is 5. The van der Waals surface area contributed by atoms with Crippen molar-refractivity contribution in [1.82, 2.24) is 15.0 Å². The van der Waals surface area contributed by atoms with Gasteiger partial charge in [-0.1, -0.05) is 17.7 Å². The average Bonchev–Trinajstić information content (AvgIpc) is 2.75. The summed E-state index contributed by atoms with van der Waals surface area (Å²) in [6.07, 6.45) is 3.40. The predicted octanol–water partition coefficient (Wildman–Crippen LogP) is 5.20. The summed E-state index contributed by atoms with van der Waals surface area (Å²) in [6, 6.07) is 20.1. The normalized spacial score (nSPS) is 10.5. The number of carbonyl (C=O) groups is 1. The van der Waals surface area contributed by atoms with Crippen LogP contribution in [-0.2, 0) is 0 Å². The minimum atomic E-state index is -0.152. The summed E-state index contributed by atoms with van der Waals surface area (Å²) < 4.78 is 5.90. The molecule has 0 aliphatic rings. The third kappa shape index (κ3) is 4.67. The lowest BCUT2D eigenvalue weighted by atomic mass is 10.1. The minimum absolute atomic E-state index is 0.152. The van der Waals surface area contributed by atoms with Crippen molar-refractivity contribution in [3.05, 3.63) is 95.9 Å². The molecule has 0 saturated heterocycles. The number of aromatic nitrogens is 3. The zero-order valence-electron chi connectivity index (χ0n) is 16.7. The highest BCUT2D eigenvalue weighted by Crippen LogP contribution is 2.24. The fraction of sp³-hybridized carbons (Fsp3) is 0.0833. The van der Waals surface area contributed by atoms with Crippen molar-refractivity contribution in [2.45, 2.75) is 13.8 Å². The number of hydrogen-bond donors (Lipinski definition) is 1. The smallest absolute Gasteiger partial charge is 0.255 e. The second-order valence-corrected chi connectivity index (χ2v) is 6.86. The maximum atomic E-state index is 12.4. The molecule has 0 aliphatic heterocycles. The van der Waals surface area contributed by atoms with Crippen LogP contribution < -0.4 is 10.1 Å². The van der Waals surface area contributed by atoms with Crippen LogP contribution in [0.15, 0.2) is 79.1 Å². The van der Waals surface area contributed by atoms with Crippen LogP contribution in [0.5, 0.6) is 11.6 Å². The van der Waals surface area contributed by atoms with Gasteiger partial charge < -0.3 is 10.1 Å². The Morgan fingerprint density at radius 1 is 0.900 bits per heavy atom. The largest absolute Gasteiger partial charge is 0.439 e. The van der Waals surface area contributed by atoms with Crippen molar-refractivity contribution in [3.63, 3.8) is 0 Å². The van der Waals surface area contributed by atoms with E-state index < -0.39 is 0 Å². The first kappa shape index (κ1) is 19.3. The first-order valence-corrected chi connectivity index (χ1v) is 9.49. The molecule has 0 aliphatic carbocycles. The van der Waals surface area contributed by atoms with E-state index in [0.29, 0.717) is 28.7 Å². The number of carbonyl (C=O) groups excluding carboxylic acids is 1. The Hall–Kier alpha value is -4.06. The lowest BCUT2D eigenvalue weighted by Gasteiger charge is -2.09. The van der Waals surface area contributed by atoms with Crippen LogP contribution in [0.25, 0.3) is 11.4 Å². The van der Waals surface area contributed by atoms with Gasteiger partial charge in [0, 0.05) is 41.0 Å². The van der Waals surface area contributed by atoms with Gasteiger partial charge in [0.2, 0.25) is 5.88 Å². The molecule has 2 heterocycles. The summed E-state index contributed by atoms with van der Waals surface area (Å²) in [5, 5.41) is 2.89. The topological polar surface area (TPSA) is 77.0 Å². The van der Waals surface area contributed by atoms with Crippen LogP contribution >= 0.6 is 0 Å². The van der Waals surface area contributed by atoms with Crippen molar-refractivity contribution < 1.29 is 9.53 Å². The molecule has 2 aromatic heterocycles. The maximum Gasteiger partial charge on any atom is 0.255 e. The Labute approximate surface area is 174 Å². The SMILES string of the molecule is Cc1cccc(C(=O)Nc2ccc(Oc3cc(C)nc(-c4ccncc4)n3)cc2)c1. The highest BCUT2D eigenvalue weighted by atomic mass is 16.5. The molecular weight excluding hydrogens is 376 g/mol. The molecule has 1 amide bonds. The Bertz CT molecular complexity index is 1180. The standard InChI is InChI=1S/C24H20N4O2/c1-16-4-3-5-19(14-16)24(29)27-20-6-8-21(9-7-20)30-22-15-17(2)26-23(28-22)18-10-12-25-13-11-18/h3-15H,1-2H3,(H,27,29). The summed E-state index contributed by atoms with van der Waals surface area (Å²) in [4.78, 5) is 25.4. The second kappa shape index (κ2) is 8.53. The molecule has 0 saturated carbocycles. The number of anilines is 1. The number of nitrogens with zero attached hydrogens (tertiary/aromatic N) is 3. The average molecular weight is 396 g/mol. The van der Waals surface area contributed by atoms with Crippen LogP contribution in [0.1, 0.15) is 21.6 Å². The molecule has 30 heavy (non-hydrogen) atoms. The molecule has 0 atom stereocenters. The Morgan fingerprint density at radius 3 is 2.40 bits per heavy atom. The molecule has 0 radical (unpaired) electrons. The lowest BCUT2D eigenvalue weighted by Crippen LogP contribution is -2.11. The number of pyridine rings is 1. The Kier molecular flexibility index (Phi) is 5.48. The number of benzene rings is 2. The van der Waals surface area contributed by atoms with Gasteiger partial charge in [0.25, 0.3) is 5.91 Å². The molecule has 148 valence electrons. The van der Waals surface area contributed by atoms with Gasteiger partial charge in [0.1, 0.15) is 5.75 Å². The van der Waals surface area contributed by atoms with E-state index in [9.17, 15) is 4.79 Å². The van der Waals surface area contributed by atoms with Gasteiger partial charge in [0.05, 0.1) is 0 Å². The number of ether oxygens (including phenoxy) is 1. The van der Waals surface area contributed by atoms with Crippen LogP contribution in [-0.4, -0.2) is 20.9 Å². The van der Waals surface area contributed by atoms with E-state index in [1.165, 1.54) is 0 Å². The van der Waals surface area contributed by atoms with Gasteiger partial charge >= 0.3 is 0 Å². The van der Waals surface area contributed by atoms with Crippen LogP contribution in [0.4, 0.5) is 5.69 Å². The molecular formula is C24H20N4O2. The molecule has 0 spiro atoms. The fourth-order valence-electron chi connectivity index (χ4n) is 2.94. The second-order valence-electron chi connectivity index (χ2n) is 6.86. The van der Waals surface area contributed by atoms with Crippen molar-refractivity contribution in [2.75, 3.05) is 5.32 Å². The molecule has 0 unspecified atom stereocenters. The monoisotopic (exact) mass is 396 g/mol. The van der Waals surface area contributed by atoms with Crippen LogP contribution in [0.3, 0.4) is 0 Å². The van der Waals surface area contributed by atoms with Gasteiger partial charge in [0.15, 0.2) is 5.82 Å². The zero-order valence-corrected chi connectivity index (χ0v) is 16.7. The highest BCUT2D eigenvalue weighted by molar-refractivity contribution is 6.04. The molecule has 0 fully saturated rings. The quantitative estimate of drug-likeness (QED) is 0.502. The van der Waals surface area contributed by atoms with E-state index in [-0.39, 0.29) is 5.91 Å². The summed E-state index contributed by atoms with van der Waals surface area (Å²) in [5.41, 5.74) is 4.01. The molecule has 4 aromatic rings. The van der Waals surface area contributed by atoms with Gasteiger partial charge in [-0.05, 0) is 62.4 Å². The first-order chi connectivity index (χ1) is 14.6. The summed E-state index contributed by atoms with van der Waals surface area (Å²) in [6.45, 7) is 3.85. The lowest BCUT2D eigenvalue weighted by molar-refractivity contribution is 0.102. The van der Waals surface area contributed by atoms with Gasteiger partial charge in [-0.2, -0.15) is 4.98 Å². The maximum absolute atomic E-state index is 12.4. The van der Waals surface area contributed by atoms with Gasteiger partial charge in [-0.25, -0.2) is 4.98 Å². The van der Waals surface area contributed by atoms with Crippen LogP contribution in [0, 0.1) is 13.8 Å². The van der Waals surface area contributed by atoms with E-state index in [2.05, 4.69) is 20.3 Å². The van der Waals surface area contributed by atoms with E-state index in [0.717, 1.165) is 16.8 Å². The van der Waals surface area contributed by atoms with Gasteiger partial charge in [-0.15, -0.1) is 0 Å². The van der Waals surface area contributed by atoms with Crippen molar-refractivity contribution in [1.29, 1.82) is 0 Å². The summed E-state index contributed by atoms with van der Waals surface area (Å²) in [7, 11) is 0. The molecule has 6 heteroatoms. The number of aryl methyl sites for hydroxylation is 2. The van der Waals surface area contributed by atoms with Crippen LogP contribution in [0.2, 0.25) is 0 Å². The summed E-state index contributed by atoms with van der Waals surface area (Å²) >= 11 is 0.